The molecule has 1 heterocycles. The van der Waals surface area contributed by atoms with Crippen molar-refractivity contribution in [1.29, 1.82) is 0 Å². The molecule has 0 amide bonds. The van der Waals surface area contributed by atoms with E-state index < -0.39 is 0 Å². The van der Waals surface area contributed by atoms with E-state index in [1.807, 2.05) is 0 Å². The van der Waals surface area contributed by atoms with Gasteiger partial charge in [-0.1, -0.05) is 166 Å². The van der Waals surface area contributed by atoms with Crippen molar-refractivity contribution in [3.8, 4) is 22.6 Å². The van der Waals surface area contributed by atoms with Gasteiger partial charge < -0.3 is 9.64 Å². The first-order chi connectivity index (χ1) is 29.3. The van der Waals surface area contributed by atoms with Crippen LogP contribution < -0.4 is 26.0 Å². The summed E-state index contributed by atoms with van der Waals surface area (Å²) < 4.78 is 6.98. The summed E-state index contributed by atoms with van der Waals surface area (Å²) in [6.07, 6.45) is 0. The fourth-order valence-corrected chi connectivity index (χ4v) is 10.4. The molecule has 0 aromatic heterocycles. The van der Waals surface area contributed by atoms with E-state index in [0.29, 0.717) is 0 Å². The van der Waals surface area contributed by atoms with Gasteiger partial charge in [0, 0.05) is 34.1 Å². The number of aryl methyl sites for hydroxylation is 5. The number of anilines is 3. The van der Waals surface area contributed by atoms with Crippen LogP contribution in [0.1, 0.15) is 27.8 Å². The molecular weight excluding hydrogens is 725 g/mol. The van der Waals surface area contributed by atoms with Gasteiger partial charge in [-0.3, -0.25) is 0 Å². The molecule has 0 saturated heterocycles. The molecule has 11 rings (SSSR count). The summed E-state index contributed by atoms with van der Waals surface area (Å²) in [7, 11) is 0. The first-order valence-corrected chi connectivity index (χ1v) is 21.0. The normalized spacial score (nSPS) is 11.9. The van der Waals surface area contributed by atoms with Crippen LogP contribution >= 0.6 is 0 Å². The van der Waals surface area contributed by atoms with Gasteiger partial charge >= 0.3 is 0 Å². The van der Waals surface area contributed by atoms with Gasteiger partial charge in [-0.05, 0) is 126 Å². The Morgan fingerprint density at radius 3 is 1.78 bits per heavy atom. The molecule has 286 valence electrons. The van der Waals surface area contributed by atoms with Gasteiger partial charge in [-0.25, -0.2) is 0 Å². The zero-order chi connectivity index (χ0) is 40.6. The minimum absolute atomic E-state index is 0.0532. The highest BCUT2D eigenvalue weighted by Gasteiger charge is 2.31. The van der Waals surface area contributed by atoms with Crippen molar-refractivity contribution >= 4 is 83.3 Å². The van der Waals surface area contributed by atoms with E-state index in [4.69, 9.17) is 4.74 Å². The minimum Gasteiger partial charge on any atom is -0.456 e. The molecule has 2 nitrogen and oxygen atoms in total. The number of benzene rings is 10. The second-order valence-corrected chi connectivity index (χ2v) is 16.7. The van der Waals surface area contributed by atoms with E-state index >= 15 is 0 Å². The maximum absolute atomic E-state index is 6.98. The Morgan fingerprint density at radius 1 is 0.383 bits per heavy atom. The highest BCUT2D eigenvalue weighted by molar-refractivity contribution is 6.98. The Morgan fingerprint density at radius 2 is 1.00 bits per heavy atom. The van der Waals surface area contributed by atoms with Crippen LogP contribution in [0.2, 0.25) is 0 Å². The predicted octanol–water partition coefficient (Wildman–Crippen LogP) is 13.6. The van der Waals surface area contributed by atoms with Gasteiger partial charge in [0.25, 0.3) is 0 Å². The summed E-state index contributed by atoms with van der Waals surface area (Å²) in [6.45, 7) is 11.4. The first kappa shape index (κ1) is 36.0. The van der Waals surface area contributed by atoms with Crippen molar-refractivity contribution in [2.45, 2.75) is 34.6 Å². The van der Waals surface area contributed by atoms with E-state index in [1.54, 1.807) is 0 Å². The quantitative estimate of drug-likeness (QED) is 0.123. The maximum atomic E-state index is 6.98. The van der Waals surface area contributed by atoms with Crippen LogP contribution in [0.5, 0.6) is 11.5 Å². The van der Waals surface area contributed by atoms with Crippen LogP contribution in [-0.4, -0.2) is 6.71 Å². The lowest BCUT2D eigenvalue weighted by atomic mass is 9.33. The molecule has 1 aliphatic rings. The number of ether oxygens (including phenoxy) is 1. The number of fused-ring (bicyclic) bond motifs is 7. The lowest BCUT2D eigenvalue weighted by Gasteiger charge is -2.29. The van der Waals surface area contributed by atoms with Gasteiger partial charge in [0.15, 0.2) is 0 Å². The molecule has 1 aliphatic heterocycles. The fraction of sp³-hybridized carbons (Fsp3) is 0.0877. The van der Waals surface area contributed by atoms with Crippen molar-refractivity contribution in [1.82, 2.24) is 0 Å². The molecule has 0 saturated carbocycles. The zero-order valence-electron chi connectivity index (χ0n) is 34.7. The minimum atomic E-state index is 0.0532. The third-order valence-corrected chi connectivity index (χ3v) is 12.9. The number of hydrogen-bond donors (Lipinski definition) is 0. The zero-order valence-corrected chi connectivity index (χ0v) is 34.7. The highest BCUT2D eigenvalue weighted by atomic mass is 16.5. The summed E-state index contributed by atoms with van der Waals surface area (Å²) in [4.78, 5) is 2.33. The number of nitrogens with zero attached hydrogens (tertiary/aromatic N) is 1. The number of hydrogen-bond acceptors (Lipinski definition) is 2. The Balaban J connectivity index is 1.14. The van der Waals surface area contributed by atoms with Crippen LogP contribution in [0.4, 0.5) is 17.1 Å². The monoisotopic (exact) mass is 769 g/mol. The van der Waals surface area contributed by atoms with Crippen LogP contribution in [0.25, 0.3) is 54.2 Å². The molecule has 0 radical (unpaired) electrons. The average molecular weight is 770 g/mol. The molecule has 0 N–H and O–H groups in total. The van der Waals surface area contributed by atoms with Gasteiger partial charge in [-0.15, -0.1) is 0 Å². The second-order valence-electron chi connectivity index (χ2n) is 16.7. The molecular formula is C57H44BNO. The Hall–Kier alpha value is -7.10. The topological polar surface area (TPSA) is 12.5 Å². The number of rotatable bonds is 6. The van der Waals surface area contributed by atoms with E-state index in [1.165, 1.54) is 87.5 Å². The number of para-hydroxylation sites is 1. The van der Waals surface area contributed by atoms with Gasteiger partial charge in [0.2, 0.25) is 6.71 Å². The predicted molar refractivity (Wildman–Crippen MR) is 258 cm³/mol. The van der Waals surface area contributed by atoms with Crippen molar-refractivity contribution in [3.63, 3.8) is 0 Å². The summed E-state index contributed by atoms with van der Waals surface area (Å²) in [5.74, 6) is 1.74. The molecule has 0 atom stereocenters. The Bertz CT molecular complexity index is 3320. The van der Waals surface area contributed by atoms with Crippen molar-refractivity contribution in [2.75, 3.05) is 4.90 Å². The van der Waals surface area contributed by atoms with Crippen LogP contribution in [0, 0.1) is 34.6 Å². The molecule has 0 aliphatic carbocycles. The third kappa shape index (κ3) is 5.72. The Labute approximate surface area is 352 Å². The Kier molecular flexibility index (Phi) is 8.42. The van der Waals surface area contributed by atoms with Gasteiger partial charge in [0.1, 0.15) is 11.5 Å². The molecule has 10 aromatic carbocycles. The van der Waals surface area contributed by atoms with Crippen molar-refractivity contribution in [3.05, 3.63) is 204 Å². The smallest absolute Gasteiger partial charge is 0.243 e. The standard InChI is InChI=1S/C57H44BNO/c1-35-29-38(4)57(39(5)30-35)58(56-36(2)15-13-16-37(56)3)52-34-50-48-23-14-24-53-55(48)51(33-49(50)45-21-11-12-22-46(45)52)47-28-27-44(32-54(47)60-53)59(42-19-7-6-8-20-42)43-26-25-40-17-9-10-18-41(40)31-43/h6-34H,1-5H3. The van der Waals surface area contributed by atoms with E-state index in [0.717, 1.165) is 39.5 Å². The van der Waals surface area contributed by atoms with Gasteiger partial charge in [0.05, 0.1) is 0 Å². The van der Waals surface area contributed by atoms with Gasteiger partial charge in [-0.2, -0.15) is 0 Å². The molecule has 0 unspecified atom stereocenters. The largest absolute Gasteiger partial charge is 0.456 e. The second kappa shape index (κ2) is 14.0. The summed E-state index contributed by atoms with van der Waals surface area (Å²) >= 11 is 0. The van der Waals surface area contributed by atoms with Crippen LogP contribution in [-0.2, 0) is 0 Å². The summed E-state index contributed by atoms with van der Waals surface area (Å²) in [5.41, 5.74) is 16.2. The summed E-state index contributed by atoms with van der Waals surface area (Å²) in [5, 5.41) is 9.86. The van der Waals surface area contributed by atoms with E-state index in [2.05, 4.69) is 215 Å². The average Bonchev–Trinajstić information content (AvgIpc) is 3.26. The SMILES string of the molecule is Cc1cc(C)c(B(c2c(C)cccc2C)c2cc3c4cccc5c4c(cc3c3ccccc23)-c2ccc(N(c3ccccc3)c3ccc4ccccc4c3)cc2O5)c(C)c1. The molecule has 3 heteroatoms. The highest BCUT2D eigenvalue weighted by Crippen LogP contribution is 2.51. The first-order valence-electron chi connectivity index (χ1n) is 21.0. The lowest BCUT2D eigenvalue weighted by molar-refractivity contribution is 0.487. The maximum Gasteiger partial charge on any atom is 0.243 e. The molecule has 0 fully saturated rings. The third-order valence-electron chi connectivity index (χ3n) is 12.9. The lowest BCUT2D eigenvalue weighted by Crippen LogP contribution is -2.56. The molecule has 60 heavy (non-hydrogen) atoms. The molecule has 0 spiro atoms. The van der Waals surface area contributed by atoms with Crippen LogP contribution in [0.3, 0.4) is 0 Å². The van der Waals surface area contributed by atoms with Crippen molar-refractivity contribution in [2.24, 2.45) is 0 Å². The van der Waals surface area contributed by atoms with Crippen LogP contribution in [0.15, 0.2) is 176 Å². The van der Waals surface area contributed by atoms with E-state index in [-0.39, 0.29) is 6.71 Å². The summed E-state index contributed by atoms with van der Waals surface area (Å²) in [6, 6.07) is 64.6. The van der Waals surface area contributed by atoms with Crippen molar-refractivity contribution < 1.29 is 4.74 Å². The van der Waals surface area contributed by atoms with E-state index in [9.17, 15) is 0 Å². The fourth-order valence-electron chi connectivity index (χ4n) is 10.4. The molecule has 0 bridgehead atoms. The molecule has 10 aromatic rings.